The van der Waals surface area contributed by atoms with E-state index in [0.717, 1.165) is 47.7 Å². The number of benzene rings is 2. The van der Waals surface area contributed by atoms with Crippen molar-refractivity contribution in [1.29, 1.82) is 0 Å². The first-order chi connectivity index (χ1) is 15.1. The maximum atomic E-state index is 11.9. The van der Waals surface area contributed by atoms with Gasteiger partial charge >= 0.3 is 0 Å². The lowest BCUT2D eigenvalue weighted by atomic mass is 9.95. The van der Waals surface area contributed by atoms with Gasteiger partial charge in [-0.15, -0.1) is 0 Å². The number of halogens is 1. The van der Waals surface area contributed by atoms with Gasteiger partial charge < -0.3 is 9.80 Å². The first-order valence-electron chi connectivity index (χ1n) is 10.8. The number of amides is 1. The van der Waals surface area contributed by atoms with Gasteiger partial charge in [-0.3, -0.25) is 4.79 Å². The number of piperazine rings is 1. The number of nitrogens with zero attached hydrogens (tertiary/aromatic N) is 4. The highest BCUT2D eigenvalue weighted by Crippen LogP contribution is 2.39. The van der Waals surface area contributed by atoms with Crippen LogP contribution < -0.4 is 4.90 Å². The fourth-order valence-corrected chi connectivity index (χ4v) is 4.65. The van der Waals surface area contributed by atoms with Crippen LogP contribution in [-0.2, 0) is 11.2 Å². The number of rotatable bonds is 5. The van der Waals surface area contributed by atoms with Crippen molar-refractivity contribution < 1.29 is 4.79 Å². The van der Waals surface area contributed by atoms with E-state index in [0.29, 0.717) is 18.1 Å². The third-order valence-corrected chi connectivity index (χ3v) is 6.59. The zero-order chi connectivity index (χ0) is 21.4. The third kappa shape index (κ3) is 4.02. The van der Waals surface area contributed by atoms with Gasteiger partial charge in [0.15, 0.2) is 0 Å². The SMILES string of the molecule is C=CC(=O)N1CCN(c2ncnc3cc(-c4ccccc4CC4CC4)c(Cl)cc23)CC1. The summed E-state index contributed by atoms with van der Waals surface area (Å²) < 4.78 is 0. The lowest BCUT2D eigenvalue weighted by Crippen LogP contribution is -2.48. The second-order valence-electron chi connectivity index (χ2n) is 8.37. The molecule has 5 nitrogen and oxygen atoms in total. The Hall–Kier alpha value is -2.92. The van der Waals surface area contributed by atoms with Crippen LogP contribution in [0, 0.1) is 5.92 Å². The standard InChI is InChI=1S/C25H25ClN4O/c1-2-24(31)29-9-11-30(12-10-29)25-21-14-22(26)20(15-23(21)27-16-28-25)19-6-4-3-5-18(19)13-17-7-8-17/h2-6,14-17H,1,7-13H2. The molecule has 0 radical (unpaired) electrons. The summed E-state index contributed by atoms with van der Waals surface area (Å²) in [6, 6.07) is 12.6. The Bertz CT molecular complexity index is 1150. The number of carbonyl (C=O) groups excluding carboxylic acids is 1. The third-order valence-electron chi connectivity index (χ3n) is 6.28. The van der Waals surface area contributed by atoms with Crippen LogP contribution in [0.1, 0.15) is 18.4 Å². The highest BCUT2D eigenvalue weighted by atomic mass is 35.5. The first kappa shape index (κ1) is 20.0. The maximum Gasteiger partial charge on any atom is 0.246 e. The number of hydrogen-bond acceptors (Lipinski definition) is 4. The van der Waals surface area contributed by atoms with Gasteiger partial charge in [-0.1, -0.05) is 42.4 Å². The number of hydrogen-bond donors (Lipinski definition) is 0. The predicted molar refractivity (Wildman–Crippen MR) is 125 cm³/mol. The van der Waals surface area contributed by atoms with Crippen LogP contribution >= 0.6 is 11.6 Å². The summed E-state index contributed by atoms with van der Waals surface area (Å²) in [5, 5.41) is 1.66. The number of carbonyl (C=O) groups is 1. The molecule has 2 aliphatic rings. The van der Waals surface area contributed by atoms with Crippen LogP contribution in [-0.4, -0.2) is 47.0 Å². The minimum atomic E-state index is -0.0234. The Morgan fingerprint density at radius 1 is 1.10 bits per heavy atom. The molecule has 5 rings (SSSR count). The van der Waals surface area contributed by atoms with Gasteiger partial charge in [0, 0.05) is 42.2 Å². The zero-order valence-electron chi connectivity index (χ0n) is 17.4. The van der Waals surface area contributed by atoms with Gasteiger partial charge in [-0.05, 0) is 54.5 Å². The van der Waals surface area contributed by atoms with Gasteiger partial charge in [0.1, 0.15) is 12.1 Å². The summed E-state index contributed by atoms with van der Waals surface area (Å²) in [6.07, 6.45) is 6.74. The molecule has 1 aliphatic carbocycles. The van der Waals surface area contributed by atoms with Crippen molar-refractivity contribution in [2.45, 2.75) is 19.3 Å². The summed E-state index contributed by atoms with van der Waals surface area (Å²) >= 11 is 6.82. The van der Waals surface area contributed by atoms with Crippen LogP contribution in [0.5, 0.6) is 0 Å². The maximum absolute atomic E-state index is 11.9. The molecule has 1 aliphatic heterocycles. The number of anilines is 1. The highest BCUT2D eigenvalue weighted by Gasteiger charge is 2.24. The molecular weight excluding hydrogens is 408 g/mol. The van der Waals surface area contributed by atoms with Crippen molar-refractivity contribution in [3.8, 4) is 11.1 Å². The quantitative estimate of drug-likeness (QED) is 0.546. The van der Waals surface area contributed by atoms with Crippen molar-refractivity contribution in [2.75, 3.05) is 31.1 Å². The summed E-state index contributed by atoms with van der Waals surface area (Å²) in [5.41, 5.74) is 4.45. The van der Waals surface area contributed by atoms with E-state index in [2.05, 4.69) is 51.8 Å². The monoisotopic (exact) mass is 432 g/mol. The molecule has 6 heteroatoms. The molecule has 1 aromatic heterocycles. The zero-order valence-corrected chi connectivity index (χ0v) is 18.2. The topological polar surface area (TPSA) is 49.3 Å². The van der Waals surface area contributed by atoms with Crippen molar-refractivity contribution in [1.82, 2.24) is 14.9 Å². The summed E-state index contributed by atoms with van der Waals surface area (Å²) in [4.78, 5) is 25.0. The van der Waals surface area contributed by atoms with Gasteiger partial charge in [-0.2, -0.15) is 0 Å². The Labute approximate surface area is 187 Å². The minimum absolute atomic E-state index is 0.0234. The molecule has 0 atom stereocenters. The van der Waals surface area contributed by atoms with E-state index >= 15 is 0 Å². The first-order valence-corrected chi connectivity index (χ1v) is 11.2. The van der Waals surface area contributed by atoms with Gasteiger partial charge in [0.25, 0.3) is 0 Å². The number of fused-ring (bicyclic) bond motifs is 1. The second-order valence-corrected chi connectivity index (χ2v) is 8.77. The van der Waals surface area contributed by atoms with Gasteiger partial charge in [0.2, 0.25) is 5.91 Å². The molecule has 1 amide bonds. The number of aromatic nitrogens is 2. The minimum Gasteiger partial charge on any atom is -0.352 e. The molecule has 0 N–H and O–H groups in total. The summed E-state index contributed by atoms with van der Waals surface area (Å²) in [7, 11) is 0. The Morgan fingerprint density at radius 3 is 2.61 bits per heavy atom. The van der Waals surface area contributed by atoms with Crippen LogP contribution in [0.15, 0.2) is 55.4 Å². The van der Waals surface area contributed by atoms with Crippen LogP contribution in [0.4, 0.5) is 5.82 Å². The molecule has 0 spiro atoms. The molecule has 1 saturated heterocycles. The molecule has 158 valence electrons. The van der Waals surface area contributed by atoms with Crippen molar-refractivity contribution in [3.05, 3.63) is 66.0 Å². The van der Waals surface area contributed by atoms with E-state index in [1.807, 2.05) is 11.0 Å². The molecule has 2 aromatic carbocycles. The highest BCUT2D eigenvalue weighted by molar-refractivity contribution is 6.34. The molecule has 0 unspecified atom stereocenters. The van der Waals surface area contributed by atoms with E-state index in [1.165, 1.54) is 30.0 Å². The van der Waals surface area contributed by atoms with E-state index in [1.54, 1.807) is 6.33 Å². The lowest BCUT2D eigenvalue weighted by Gasteiger charge is -2.35. The van der Waals surface area contributed by atoms with Crippen LogP contribution in [0.3, 0.4) is 0 Å². The largest absolute Gasteiger partial charge is 0.352 e. The molecule has 31 heavy (non-hydrogen) atoms. The Morgan fingerprint density at radius 2 is 1.87 bits per heavy atom. The fraction of sp³-hybridized carbons (Fsp3) is 0.320. The van der Waals surface area contributed by atoms with E-state index in [4.69, 9.17) is 11.6 Å². The summed E-state index contributed by atoms with van der Waals surface area (Å²) in [6.45, 7) is 6.32. The molecule has 3 aromatic rings. The van der Waals surface area contributed by atoms with Crippen molar-refractivity contribution in [2.24, 2.45) is 5.92 Å². The van der Waals surface area contributed by atoms with E-state index in [-0.39, 0.29) is 5.91 Å². The predicted octanol–water partition coefficient (Wildman–Crippen LogP) is 4.74. The van der Waals surface area contributed by atoms with Crippen LogP contribution in [0.25, 0.3) is 22.0 Å². The normalized spacial score (nSPS) is 16.5. The van der Waals surface area contributed by atoms with Gasteiger partial charge in [-0.25, -0.2) is 9.97 Å². The molecular formula is C25H25ClN4O. The van der Waals surface area contributed by atoms with Crippen molar-refractivity contribution >= 4 is 34.2 Å². The molecule has 2 heterocycles. The Balaban J connectivity index is 1.48. The van der Waals surface area contributed by atoms with E-state index in [9.17, 15) is 4.79 Å². The van der Waals surface area contributed by atoms with Gasteiger partial charge in [0.05, 0.1) is 5.52 Å². The van der Waals surface area contributed by atoms with Crippen LogP contribution in [0.2, 0.25) is 5.02 Å². The lowest BCUT2D eigenvalue weighted by molar-refractivity contribution is -0.126. The second kappa shape index (κ2) is 8.31. The molecule has 1 saturated carbocycles. The van der Waals surface area contributed by atoms with E-state index < -0.39 is 0 Å². The smallest absolute Gasteiger partial charge is 0.246 e. The molecule has 2 fully saturated rings. The molecule has 0 bridgehead atoms. The average molecular weight is 433 g/mol. The average Bonchev–Trinajstić information content (AvgIpc) is 3.62. The fourth-order valence-electron chi connectivity index (χ4n) is 4.38. The van der Waals surface area contributed by atoms with Crippen molar-refractivity contribution in [3.63, 3.8) is 0 Å². The summed E-state index contributed by atoms with van der Waals surface area (Å²) in [5.74, 6) is 1.65. The Kier molecular flexibility index (Phi) is 5.36.